The van der Waals surface area contributed by atoms with Gasteiger partial charge in [0, 0.05) is 12.6 Å². The molecule has 0 aliphatic carbocycles. The molecule has 0 saturated carbocycles. The summed E-state index contributed by atoms with van der Waals surface area (Å²) >= 11 is 7.06. The lowest BCUT2D eigenvalue weighted by Gasteiger charge is -2.00. The molecule has 0 aliphatic rings. The van der Waals surface area contributed by atoms with E-state index in [1.807, 2.05) is 0 Å². The Balaban J connectivity index is 2.20. The van der Waals surface area contributed by atoms with Gasteiger partial charge < -0.3 is 10.5 Å². The average Bonchev–Trinajstić information content (AvgIpc) is 2.58. The summed E-state index contributed by atoms with van der Waals surface area (Å²) in [5.41, 5.74) is 5.45. The van der Waals surface area contributed by atoms with Gasteiger partial charge in [0.25, 0.3) is 5.19 Å². The van der Waals surface area contributed by atoms with Gasteiger partial charge in [0.05, 0.1) is 4.88 Å². The van der Waals surface area contributed by atoms with E-state index in [1.165, 1.54) is 23.5 Å². The molecule has 2 rings (SSSR count). The number of nitrogens with zero attached hydrogens (tertiary/aromatic N) is 1. The molecular formula is C10H8ClFN2OS. The lowest BCUT2D eigenvalue weighted by atomic mass is 10.3. The van der Waals surface area contributed by atoms with Crippen molar-refractivity contribution in [3.63, 3.8) is 0 Å². The van der Waals surface area contributed by atoms with E-state index in [0.717, 1.165) is 4.88 Å². The smallest absolute Gasteiger partial charge is 0.280 e. The van der Waals surface area contributed by atoms with Gasteiger partial charge >= 0.3 is 0 Å². The van der Waals surface area contributed by atoms with Gasteiger partial charge in [-0.25, -0.2) is 4.39 Å². The molecule has 3 nitrogen and oxygen atoms in total. The highest BCUT2D eigenvalue weighted by molar-refractivity contribution is 7.14. The molecule has 1 aromatic carbocycles. The van der Waals surface area contributed by atoms with E-state index in [1.54, 1.807) is 12.1 Å². The molecule has 1 heterocycles. The van der Waals surface area contributed by atoms with Crippen molar-refractivity contribution in [1.82, 2.24) is 4.98 Å². The fourth-order valence-electron chi connectivity index (χ4n) is 1.11. The number of hydrogen-bond donors (Lipinski definition) is 1. The molecule has 0 atom stereocenters. The van der Waals surface area contributed by atoms with Gasteiger partial charge in [-0.3, -0.25) is 0 Å². The quantitative estimate of drug-likeness (QED) is 0.920. The van der Waals surface area contributed by atoms with Gasteiger partial charge in [0.15, 0.2) is 0 Å². The first-order chi connectivity index (χ1) is 7.69. The number of halogens is 2. The van der Waals surface area contributed by atoms with Crippen molar-refractivity contribution in [3.05, 3.63) is 40.1 Å². The first-order valence-electron chi connectivity index (χ1n) is 4.47. The van der Waals surface area contributed by atoms with Crippen LogP contribution in [0.2, 0.25) is 5.15 Å². The summed E-state index contributed by atoms with van der Waals surface area (Å²) < 4.78 is 18.2. The lowest BCUT2D eigenvalue weighted by Crippen LogP contribution is -1.92. The molecular weight excluding hydrogens is 251 g/mol. The minimum Gasteiger partial charge on any atom is -0.431 e. The van der Waals surface area contributed by atoms with Crippen molar-refractivity contribution in [1.29, 1.82) is 0 Å². The number of rotatable bonds is 3. The van der Waals surface area contributed by atoms with E-state index < -0.39 is 0 Å². The number of aromatic nitrogens is 1. The molecule has 0 radical (unpaired) electrons. The van der Waals surface area contributed by atoms with Crippen LogP contribution in [-0.4, -0.2) is 4.98 Å². The molecule has 6 heteroatoms. The Kier molecular flexibility index (Phi) is 3.38. The standard InChI is InChI=1S/C10H8ClFN2OS/c11-9-8(5-13)16-10(14-9)15-7-3-1-2-6(12)4-7/h1-4H,5,13H2. The Morgan fingerprint density at radius 3 is 2.94 bits per heavy atom. The zero-order valence-corrected chi connectivity index (χ0v) is 9.69. The number of hydrogen-bond acceptors (Lipinski definition) is 4. The van der Waals surface area contributed by atoms with Gasteiger partial charge in [-0.1, -0.05) is 29.0 Å². The third-order valence-electron chi connectivity index (χ3n) is 1.82. The molecule has 0 bridgehead atoms. The first-order valence-corrected chi connectivity index (χ1v) is 5.67. The van der Waals surface area contributed by atoms with Crippen LogP contribution in [0.15, 0.2) is 24.3 Å². The van der Waals surface area contributed by atoms with Crippen molar-refractivity contribution in [2.75, 3.05) is 0 Å². The zero-order chi connectivity index (χ0) is 11.5. The van der Waals surface area contributed by atoms with Crippen LogP contribution in [0.4, 0.5) is 4.39 Å². The molecule has 1 aromatic heterocycles. The van der Waals surface area contributed by atoms with Gasteiger partial charge in [0.2, 0.25) is 0 Å². The zero-order valence-electron chi connectivity index (χ0n) is 8.11. The predicted molar refractivity (Wildman–Crippen MR) is 61.5 cm³/mol. The van der Waals surface area contributed by atoms with Crippen LogP contribution in [0.1, 0.15) is 4.88 Å². The minimum absolute atomic E-state index is 0.309. The number of ether oxygens (including phenoxy) is 1. The van der Waals surface area contributed by atoms with Gasteiger partial charge in [-0.15, -0.1) is 0 Å². The van der Waals surface area contributed by atoms with Crippen LogP contribution in [0.5, 0.6) is 10.9 Å². The Labute approximate surface area is 101 Å². The van der Waals surface area contributed by atoms with E-state index in [2.05, 4.69) is 4.98 Å². The van der Waals surface area contributed by atoms with Gasteiger partial charge in [-0.05, 0) is 12.1 Å². The Morgan fingerprint density at radius 2 is 2.31 bits per heavy atom. The highest BCUT2D eigenvalue weighted by Crippen LogP contribution is 2.31. The van der Waals surface area contributed by atoms with E-state index in [0.29, 0.717) is 22.6 Å². The molecule has 0 aliphatic heterocycles. The summed E-state index contributed by atoms with van der Waals surface area (Å²) in [5.74, 6) is 0.0215. The second-order valence-corrected chi connectivity index (χ2v) is 4.36. The second-order valence-electron chi connectivity index (χ2n) is 2.96. The average molecular weight is 259 g/mol. The molecule has 0 spiro atoms. The Morgan fingerprint density at radius 1 is 1.50 bits per heavy atom. The van der Waals surface area contributed by atoms with Crippen molar-refractivity contribution in [2.24, 2.45) is 5.73 Å². The first kappa shape index (κ1) is 11.3. The summed E-state index contributed by atoms with van der Waals surface area (Å²) in [6.45, 7) is 0.309. The highest BCUT2D eigenvalue weighted by Gasteiger charge is 2.09. The maximum absolute atomic E-state index is 12.9. The SMILES string of the molecule is NCc1sc(Oc2cccc(F)c2)nc1Cl. The van der Waals surface area contributed by atoms with Gasteiger partial charge in [0.1, 0.15) is 16.7 Å². The molecule has 0 amide bonds. The molecule has 0 unspecified atom stereocenters. The van der Waals surface area contributed by atoms with Gasteiger partial charge in [-0.2, -0.15) is 4.98 Å². The molecule has 2 N–H and O–H groups in total. The summed E-state index contributed by atoms with van der Waals surface area (Å²) in [4.78, 5) is 4.71. The minimum atomic E-state index is -0.362. The highest BCUT2D eigenvalue weighted by atomic mass is 35.5. The Hall–Kier alpha value is -1.17. The van der Waals surface area contributed by atoms with E-state index in [-0.39, 0.29) is 5.82 Å². The monoisotopic (exact) mass is 258 g/mol. The predicted octanol–water partition coefficient (Wildman–Crippen LogP) is 3.19. The molecule has 84 valence electrons. The molecule has 0 saturated heterocycles. The van der Waals surface area contributed by atoms with E-state index in [4.69, 9.17) is 22.1 Å². The summed E-state index contributed by atoms with van der Waals surface area (Å²) in [6, 6.07) is 5.81. The van der Waals surface area contributed by atoms with Crippen LogP contribution >= 0.6 is 22.9 Å². The van der Waals surface area contributed by atoms with Crippen molar-refractivity contribution in [3.8, 4) is 10.9 Å². The normalized spacial score (nSPS) is 10.4. The topological polar surface area (TPSA) is 48.1 Å². The fourth-order valence-corrected chi connectivity index (χ4v) is 2.13. The van der Waals surface area contributed by atoms with Crippen LogP contribution in [-0.2, 0) is 6.54 Å². The van der Waals surface area contributed by atoms with Crippen molar-refractivity contribution >= 4 is 22.9 Å². The molecule has 16 heavy (non-hydrogen) atoms. The van der Waals surface area contributed by atoms with Crippen LogP contribution in [0, 0.1) is 5.82 Å². The number of thiazole rings is 1. The fraction of sp³-hybridized carbons (Fsp3) is 0.100. The van der Waals surface area contributed by atoms with E-state index >= 15 is 0 Å². The largest absolute Gasteiger partial charge is 0.431 e. The van der Waals surface area contributed by atoms with Crippen molar-refractivity contribution in [2.45, 2.75) is 6.54 Å². The maximum Gasteiger partial charge on any atom is 0.280 e. The third-order valence-corrected chi connectivity index (χ3v) is 3.20. The summed E-state index contributed by atoms with van der Waals surface area (Å²) in [6.07, 6.45) is 0. The maximum atomic E-state index is 12.9. The molecule has 2 aromatic rings. The summed E-state index contributed by atoms with van der Waals surface area (Å²) in [5, 5.41) is 0.690. The van der Waals surface area contributed by atoms with Crippen LogP contribution < -0.4 is 10.5 Å². The third kappa shape index (κ3) is 2.49. The second kappa shape index (κ2) is 4.78. The van der Waals surface area contributed by atoms with Crippen LogP contribution in [0.25, 0.3) is 0 Å². The van der Waals surface area contributed by atoms with E-state index in [9.17, 15) is 4.39 Å². The molecule has 0 fully saturated rings. The lowest BCUT2D eigenvalue weighted by molar-refractivity contribution is 0.473. The number of benzene rings is 1. The summed E-state index contributed by atoms with van der Waals surface area (Å²) in [7, 11) is 0. The van der Waals surface area contributed by atoms with Crippen molar-refractivity contribution < 1.29 is 9.13 Å². The number of nitrogens with two attached hydrogens (primary N) is 1. The Bertz CT molecular complexity index is 503. The van der Waals surface area contributed by atoms with Crippen LogP contribution in [0.3, 0.4) is 0 Å².